The molecule has 2 fully saturated rings. The van der Waals surface area contributed by atoms with E-state index in [0.717, 1.165) is 49.5 Å². The molecule has 4 rings (SSSR count). The normalized spacial score (nSPS) is 21.7. The number of morpholine rings is 1. The van der Waals surface area contributed by atoms with Gasteiger partial charge in [0.25, 0.3) is 0 Å². The summed E-state index contributed by atoms with van der Waals surface area (Å²) in [5.74, 6) is 1.37. The number of hydrogen-bond acceptors (Lipinski definition) is 5. The van der Waals surface area contributed by atoms with Gasteiger partial charge < -0.3 is 14.5 Å². The second kappa shape index (κ2) is 7.00. The number of amides is 1. The summed E-state index contributed by atoms with van der Waals surface area (Å²) < 4.78 is 7.26. The van der Waals surface area contributed by atoms with Crippen LogP contribution in [0.1, 0.15) is 25.5 Å². The molecule has 2 aliphatic heterocycles. The molecule has 7 nitrogen and oxygen atoms in total. The van der Waals surface area contributed by atoms with E-state index in [-0.39, 0.29) is 11.8 Å². The van der Waals surface area contributed by atoms with Crippen molar-refractivity contribution >= 4 is 17.4 Å². The maximum Gasteiger partial charge on any atom is 0.227 e. The maximum atomic E-state index is 12.9. The summed E-state index contributed by atoms with van der Waals surface area (Å²) in [7, 11) is 0. The third-order valence-corrected chi connectivity index (χ3v) is 5.17. The standard InChI is InChI=1S/C18H25N5O2/c1-2-15-12-17(23-16(20-15)5-6-19-23)22-7-3-4-14(13-22)18(24)21-8-10-25-11-9-21/h5-6,12,14H,2-4,7-11,13H2,1H3. The van der Waals surface area contributed by atoms with Crippen LogP contribution in [0.5, 0.6) is 0 Å². The number of anilines is 1. The molecule has 1 amide bonds. The lowest BCUT2D eigenvalue weighted by Crippen LogP contribution is -2.48. The van der Waals surface area contributed by atoms with Gasteiger partial charge in [-0.05, 0) is 19.3 Å². The number of hydrogen-bond donors (Lipinski definition) is 0. The molecule has 0 saturated carbocycles. The first-order chi connectivity index (χ1) is 12.3. The van der Waals surface area contributed by atoms with E-state index in [4.69, 9.17) is 4.74 Å². The van der Waals surface area contributed by atoms with Crippen molar-refractivity contribution < 1.29 is 9.53 Å². The fourth-order valence-electron chi connectivity index (χ4n) is 3.78. The van der Waals surface area contributed by atoms with Crippen molar-refractivity contribution in [3.63, 3.8) is 0 Å². The molecule has 0 radical (unpaired) electrons. The Balaban J connectivity index is 1.57. The number of ether oxygens (including phenoxy) is 1. The summed E-state index contributed by atoms with van der Waals surface area (Å²) >= 11 is 0. The molecule has 0 aliphatic carbocycles. The van der Waals surface area contributed by atoms with Gasteiger partial charge in [-0.3, -0.25) is 4.79 Å². The van der Waals surface area contributed by atoms with Gasteiger partial charge >= 0.3 is 0 Å². The first kappa shape index (κ1) is 16.3. The van der Waals surface area contributed by atoms with Crippen LogP contribution in [0.15, 0.2) is 18.3 Å². The Bertz CT molecular complexity index is 753. The largest absolute Gasteiger partial charge is 0.378 e. The van der Waals surface area contributed by atoms with Crippen molar-refractivity contribution in [2.75, 3.05) is 44.3 Å². The van der Waals surface area contributed by atoms with Crippen LogP contribution in [0.25, 0.3) is 5.65 Å². The highest BCUT2D eigenvalue weighted by molar-refractivity contribution is 5.80. The van der Waals surface area contributed by atoms with Crippen LogP contribution in [0.3, 0.4) is 0 Å². The number of aromatic nitrogens is 3. The number of piperidine rings is 1. The fourth-order valence-corrected chi connectivity index (χ4v) is 3.78. The number of nitrogens with zero attached hydrogens (tertiary/aromatic N) is 5. The van der Waals surface area contributed by atoms with Gasteiger partial charge in [-0.25, -0.2) is 4.98 Å². The molecule has 2 aromatic rings. The molecule has 0 spiro atoms. The molecule has 1 unspecified atom stereocenters. The minimum absolute atomic E-state index is 0.0516. The highest BCUT2D eigenvalue weighted by atomic mass is 16.5. The molecule has 7 heteroatoms. The second-order valence-corrected chi connectivity index (χ2v) is 6.78. The lowest BCUT2D eigenvalue weighted by molar-refractivity contribution is -0.139. The van der Waals surface area contributed by atoms with Crippen LogP contribution in [-0.2, 0) is 16.0 Å². The van der Waals surface area contributed by atoms with Crippen LogP contribution in [0.4, 0.5) is 5.82 Å². The molecule has 1 atom stereocenters. The SMILES string of the molecule is CCc1cc(N2CCCC(C(=O)N3CCOCC3)C2)n2nccc2n1. The molecule has 2 saturated heterocycles. The second-order valence-electron chi connectivity index (χ2n) is 6.78. The molecule has 134 valence electrons. The topological polar surface area (TPSA) is 63.0 Å². The molecule has 2 aliphatic rings. The predicted octanol–water partition coefficient (Wildman–Crippen LogP) is 1.37. The van der Waals surface area contributed by atoms with Crippen molar-refractivity contribution in [1.29, 1.82) is 0 Å². The molecular weight excluding hydrogens is 318 g/mol. The van der Waals surface area contributed by atoms with E-state index < -0.39 is 0 Å². The highest BCUT2D eigenvalue weighted by Gasteiger charge is 2.31. The molecule has 4 heterocycles. The van der Waals surface area contributed by atoms with Crippen molar-refractivity contribution in [2.24, 2.45) is 5.92 Å². The van der Waals surface area contributed by atoms with E-state index in [1.165, 1.54) is 0 Å². The molecule has 25 heavy (non-hydrogen) atoms. The quantitative estimate of drug-likeness (QED) is 0.842. The number of carbonyl (C=O) groups is 1. The zero-order chi connectivity index (χ0) is 17.2. The summed E-state index contributed by atoms with van der Waals surface area (Å²) in [6, 6.07) is 4.05. The summed E-state index contributed by atoms with van der Waals surface area (Å²) in [6.45, 7) is 6.55. The Morgan fingerprint density at radius 2 is 2.16 bits per heavy atom. The lowest BCUT2D eigenvalue weighted by Gasteiger charge is -2.37. The van der Waals surface area contributed by atoms with Crippen LogP contribution in [0, 0.1) is 5.92 Å². The smallest absolute Gasteiger partial charge is 0.227 e. The van der Waals surface area contributed by atoms with Crippen LogP contribution in [-0.4, -0.2) is 64.8 Å². The number of fused-ring (bicyclic) bond motifs is 1. The van der Waals surface area contributed by atoms with Gasteiger partial charge in [0.05, 0.1) is 25.3 Å². The average molecular weight is 343 g/mol. The van der Waals surface area contributed by atoms with E-state index in [2.05, 4.69) is 28.0 Å². The van der Waals surface area contributed by atoms with Gasteiger partial charge in [-0.15, -0.1) is 0 Å². The van der Waals surface area contributed by atoms with E-state index in [1.54, 1.807) is 6.20 Å². The van der Waals surface area contributed by atoms with Crippen molar-refractivity contribution in [2.45, 2.75) is 26.2 Å². The van der Waals surface area contributed by atoms with Crippen LogP contribution < -0.4 is 4.90 Å². The van der Waals surface area contributed by atoms with Crippen LogP contribution >= 0.6 is 0 Å². The maximum absolute atomic E-state index is 12.9. The molecular formula is C18H25N5O2. The molecule has 2 aromatic heterocycles. The van der Waals surface area contributed by atoms with E-state index >= 15 is 0 Å². The monoisotopic (exact) mass is 343 g/mol. The van der Waals surface area contributed by atoms with Gasteiger partial charge in [0.1, 0.15) is 5.82 Å². The Labute approximate surface area is 147 Å². The van der Waals surface area contributed by atoms with Crippen LogP contribution in [0.2, 0.25) is 0 Å². The first-order valence-electron chi connectivity index (χ1n) is 9.21. The van der Waals surface area contributed by atoms with Gasteiger partial charge in [0.2, 0.25) is 5.91 Å². The number of aryl methyl sites for hydroxylation is 1. The Morgan fingerprint density at radius 1 is 1.32 bits per heavy atom. The molecule has 0 bridgehead atoms. The highest BCUT2D eigenvalue weighted by Crippen LogP contribution is 2.26. The third kappa shape index (κ3) is 3.20. The minimum atomic E-state index is 0.0516. The Hall–Kier alpha value is -2.15. The van der Waals surface area contributed by atoms with E-state index in [0.29, 0.717) is 26.3 Å². The average Bonchev–Trinajstić information content (AvgIpc) is 3.16. The van der Waals surface area contributed by atoms with Crippen molar-refractivity contribution in [1.82, 2.24) is 19.5 Å². The predicted molar refractivity (Wildman–Crippen MR) is 94.7 cm³/mol. The van der Waals surface area contributed by atoms with E-state index in [1.807, 2.05) is 15.5 Å². The van der Waals surface area contributed by atoms with Gasteiger partial charge in [0.15, 0.2) is 5.65 Å². The van der Waals surface area contributed by atoms with Crippen molar-refractivity contribution in [3.05, 3.63) is 24.0 Å². The summed E-state index contributed by atoms with van der Waals surface area (Å²) in [5.41, 5.74) is 1.93. The minimum Gasteiger partial charge on any atom is -0.378 e. The van der Waals surface area contributed by atoms with Gasteiger partial charge in [-0.2, -0.15) is 9.61 Å². The number of rotatable bonds is 3. The first-order valence-corrected chi connectivity index (χ1v) is 9.21. The summed E-state index contributed by atoms with van der Waals surface area (Å²) in [6.07, 6.45) is 4.65. The Morgan fingerprint density at radius 3 is 2.96 bits per heavy atom. The lowest BCUT2D eigenvalue weighted by atomic mass is 9.96. The summed E-state index contributed by atoms with van der Waals surface area (Å²) in [5, 5.41) is 4.43. The van der Waals surface area contributed by atoms with Crippen molar-refractivity contribution in [3.8, 4) is 0 Å². The van der Waals surface area contributed by atoms with E-state index in [9.17, 15) is 4.79 Å². The zero-order valence-corrected chi connectivity index (χ0v) is 14.7. The summed E-state index contributed by atoms with van der Waals surface area (Å²) in [4.78, 5) is 21.8. The van der Waals surface area contributed by atoms with Gasteiger partial charge in [0, 0.05) is 44.0 Å². The third-order valence-electron chi connectivity index (χ3n) is 5.17. The molecule has 0 aromatic carbocycles. The molecule has 0 N–H and O–H groups in total. The fraction of sp³-hybridized carbons (Fsp3) is 0.611. The van der Waals surface area contributed by atoms with Gasteiger partial charge in [-0.1, -0.05) is 6.92 Å². The number of carbonyl (C=O) groups excluding carboxylic acids is 1. The zero-order valence-electron chi connectivity index (χ0n) is 14.7. The Kier molecular flexibility index (Phi) is 4.57.